The number of H-pyrrole nitrogens is 1. The molecule has 7 heteroatoms. The summed E-state index contributed by atoms with van der Waals surface area (Å²) in [6.07, 6.45) is 1.75. The predicted molar refractivity (Wildman–Crippen MR) is 89.2 cm³/mol. The van der Waals surface area contributed by atoms with Crippen LogP contribution in [-0.2, 0) is 24.4 Å². The van der Waals surface area contributed by atoms with Crippen LogP contribution in [0.4, 0.5) is 0 Å². The lowest BCUT2D eigenvalue weighted by Crippen LogP contribution is -2.40. The van der Waals surface area contributed by atoms with E-state index in [1.807, 2.05) is 42.5 Å². The van der Waals surface area contributed by atoms with Crippen molar-refractivity contribution in [1.82, 2.24) is 25.0 Å². The third-order valence-corrected chi connectivity index (χ3v) is 4.27. The Labute approximate surface area is 141 Å². The first-order chi connectivity index (χ1) is 11.5. The lowest BCUT2D eigenvalue weighted by Gasteiger charge is -2.29. The van der Waals surface area contributed by atoms with Crippen LogP contribution in [0.2, 0.25) is 0 Å². The summed E-state index contributed by atoms with van der Waals surface area (Å²) in [5.74, 6) is 0.0295. The molecule has 128 valence electrons. The molecule has 0 unspecified atom stereocenters. The summed E-state index contributed by atoms with van der Waals surface area (Å²) in [4.78, 5) is 29.1. The van der Waals surface area contributed by atoms with Crippen molar-refractivity contribution in [3.63, 3.8) is 0 Å². The average molecular weight is 329 g/mol. The molecule has 3 heterocycles. The molecule has 2 aromatic rings. The van der Waals surface area contributed by atoms with Gasteiger partial charge < -0.3 is 15.2 Å². The van der Waals surface area contributed by atoms with Crippen LogP contribution in [-0.4, -0.2) is 38.0 Å². The Kier molecular flexibility index (Phi) is 4.42. The molecule has 0 bridgehead atoms. The minimum atomic E-state index is -0.139. The van der Waals surface area contributed by atoms with Gasteiger partial charge in [0.15, 0.2) is 0 Å². The van der Waals surface area contributed by atoms with Crippen molar-refractivity contribution in [2.24, 2.45) is 5.92 Å². The number of carbonyl (C=O) groups is 2. The second-order valence-corrected chi connectivity index (χ2v) is 6.48. The van der Waals surface area contributed by atoms with Gasteiger partial charge in [0.2, 0.25) is 5.91 Å². The highest BCUT2D eigenvalue weighted by Gasteiger charge is 2.24. The molecule has 0 radical (unpaired) electrons. The first-order valence-electron chi connectivity index (χ1n) is 8.22. The molecule has 2 amide bonds. The molecular formula is C17H23N5O2. The standard InChI is InChI=1S/C17H23N5O2/c1-11(2)17(24)21-6-7-22-14(10-21)8-13(20-22)9-19-16(23)15-12(3)4-5-18-15/h4-5,8,11,18H,6-7,9-10H2,1-3H3,(H,19,23). The molecule has 7 nitrogen and oxygen atoms in total. The molecular weight excluding hydrogens is 306 g/mol. The quantitative estimate of drug-likeness (QED) is 0.890. The summed E-state index contributed by atoms with van der Waals surface area (Å²) in [6.45, 7) is 8.04. The van der Waals surface area contributed by atoms with E-state index in [0.717, 1.165) is 17.0 Å². The van der Waals surface area contributed by atoms with E-state index in [-0.39, 0.29) is 17.7 Å². The second-order valence-electron chi connectivity index (χ2n) is 6.48. The van der Waals surface area contributed by atoms with Crippen LogP contribution in [0.25, 0.3) is 0 Å². The highest BCUT2D eigenvalue weighted by atomic mass is 16.2. The molecule has 3 rings (SSSR count). The minimum absolute atomic E-state index is 0.00210. The van der Waals surface area contributed by atoms with Gasteiger partial charge in [-0.05, 0) is 24.6 Å². The van der Waals surface area contributed by atoms with Crippen LogP contribution < -0.4 is 5.32 Å². The van der Waals surface area contributed by atoms with Gasteiger partial charge in [0.1, 0.15) is 5.69 Å². The van der Waals surface area contributed by atoms with Crippen molar-refractivity contribution in [3.8, 4) is 0 Å². The third-order valence-electron chi connectivity index (χ3n) is 4.27. The maximum absolute atomic E-state index is 12.1. The first-order valence-corrected chi connectivity index (χ1v) is 8.22. The molecule has 0 fully saturated rings. The number of aromatic amines is 1. The van der Waals surface area contributed by atoms with Gasteiger partial charge in [0.25, 0.3) is 5.91 Å². The van der Waals surface area contributed by atoms with Crippen LogP contribution in [0.1, 0.15) is 41.3 Å². The summed E-state index contributed by atoms with van der Waals surface area (Å²) in [7, 11) is 0. The van der Waals surface area contributed by atoms with Gasteiger partial charge in [0.05, 0.1) is 31.0 Å². The smallest absolute Gasteiger partial charge is 0.268 e. The molecule has 0 saturated heterocycles. The van der Waals surface area contributed by atoms with E-state index >= 15 is 0 Å². The van der Waals surface area contributed by atoms with E-state index in [1.165, 1.54) is 0 Å². The summed E-state index contributed by atoms with van der Waals surface area (Å²) in [5.41, 5.74) is 3.31. The van der Waals surface area contributed by atoms with E-state index in [2.05, 4.69) is 15.4 Å². The fourth-order valence-electron chi connectivity index (χ4n) is 2.92. The fourth-order valence-corrected chi connectivity index (χ4v) is 2.92. The van der Waals surface area contributed by atoms with Gasteiger partial charge in [-0.3, -0.25) is 14.3 Å². The summed E-state index contributed by atoms with van der Waals surface area (Å²) >= 11 is 0. The number of amides is 2. The maximum Gasteiger partial charge on any atom is 0.268 e. The highest BCUT2D eigenvalue weighted by Crippen LogP contribution is 2.16. The fraction of sp³-hybridized carbons (Fsp3) is 0.471. The van der Waals surface area contributed by atoms with Crippen molar-refractivity contribution >= 4 is 11.8 Å². The molecule has 2 N–H and O–H groups in total. The zero-order valence-corrected chi connectivity index (χ0v) is 14.3. The van der Waals surface area contributed by atoms with Gasteiger partial charge in [-0.2, -0.15) is 5.10 Å². The molecule has 0 atom stereocenters. The molecule has 2 aromatic heterocycles. The number of carbonyl (C=O) groups excluding carboxylic acids is 2. The van der Waals surface area contributed by atoms with E-state index in [9.17, 15) is 9.59 Å². The lowest BCUT2D eigenvalue weighted by molar-refractivity contribution is -0.136. The van der Waals surface area contributed by atoms with Crippen LogP contribution in [0.5, 0.6) is 0 Å². The topological polar surface area (TPSA) is 83.0 Å². The average Bonchev–Trinajstić information content (AvgIpc) is 3.16. The van der Waals surface area contributed by atoms with E-state index in [1.54, 1.807) is 6.20 Å². The zero-order valence-electron chi connectivity index (χ0n) is 14.3. The highest BCUT2D eigenvalue weighted by molar-refractivity contribution is 5.93. The number of rotatable bonds is 4. The SMILES string of the molecule is Cc1cc[nH]c1C(=O)NCc1cc2n(n1)CCN(C(=O)C(C)C)C2. The Hall–Kier alpha value is -2.57. The van der Waals surface area contributed by atoms with Gasteiger partial charge in [0, 0.05) is 18.7 Å². The Balaban J connectivity index is 1.63. The number of aryl methyl sites for hydroxylation is 1. The van der Waals surface area contributed by atoms with Crippen molar-refractivity contribution < 1.29 is 9.59 Å². The Morgan fingerprint density at radius 3 is 2.83 bits per heavy atom. The molecule has 1 aliphatic heterocycles. The number of fused-ring (bicyclic) bond motifs is 1. The van der Waals surface area contributed by atoms with Crippen molar-refractivity contribution in [1.29, 1.82) is 0 Å². The molecule has 0 saturated carbocycles. The monoisotopic (exact) mass is 329 g/mol. The second kappa shape index (κ2) is 6.51. The van der Waals surface area contributed by atoms with Crippen LogP contribution in [0.15, 0.2) is 18.3 Å². The number of nitrogens with one attached hydrogen (secondary N) is 2. The number of hydrogen-bond acceptors (Lipinski definition) is 3. The lowest BCUT2D eigenvalue weighted by atomic mass is 10.1. The molecule has 0 spiro atoms. The largest absolute Gasteiger partial charge is 0.357 e. The summed E-state index contributed by atoms with van der Waals surface area (Å²) in [5, 5.41) is 7.40. The van der Waals surface area contributed by atoms with Gasteiger partial charge in [-0.15, -0.1) is 0 Å². The number of aromatic nitrogens is 3. The van der Waals surface area contributed by atoms with Crippen LogP contribution in [0, 0.1) is 12.8 Å². The van der Waals surface area contributed by atoms with Gasteiger partial charge >= 0.3 is 0 Å². The van der Waals surface area contributed by atoms with E-state index in [0.29, 0.717) is 31.9 Å². The Morgan fingerprint density at radius 1 is 1.38 bits per heavy atom. The van der Waals surface area contributed by atoms with Gasteiger partial charge in [-0.25, -0.2) is 0 Å². The zero-order chi connectivity index (χ0) is 17.3. The first kappa shape index (κ1) is 16.3. The molecule has 0 aromatic carbocycles. The predicted octanol–water partition coefficient (Wildman–Crippen LogP) is 1.45. The Bertz CT molecular complexity index is 759. The molecule has 1 aliphatic rings. The Morgan fingerprint density at radius 2 is 2.17 bits per heavy atom. The number of nitrogens with zero attached hydrogens (tertiary/aromatic N) is 3. The van der Waals surface area contributed by atoms with Crippen molar-refractivity contribution in [2.45, 2.75) is 40.4 Å². The van der Waals surface area contributed by atoms with E-state index < -0.39 is 0 Å². The maximum atomic E-state index is 12.1. The normalized spacial score (nSPS) is 13.9. The summed E-state index contributed by atoms with van der Waals surface area (Å²) in [6, 6.07) is 3.83. The van der Waals surface area contributed by atoms with Crippen LogP contribution in [0.3, 0.4) is 0 Å². The van der Waals surface area contributed by atoms with Crippen molar-refractivity contribution in [2.75, 3.05) is 6.54 Å². The van der Waals surface area contributed by atoms with Gasteiger partial charge in [-0.1, -0.05) is 13.8 Å². The molecule has 24 heavy (non-hydrogen) atoms. The van der Waals surface area contributed by atoms with Crippen molar-refractivity contribution in [3.05, 3.63) is 41.0 Å². The van der Waals surface area contributed by atoms with Crippen LogP contribution >= 0.6 is 0 Å². The van der Waals surface area contributed by atoms with E-state index in [4.69, 9.17) is 0 Å². The molecule has 0 aliphatic carbocycles. The minimum Gasteiger partial charge on any atom is -0.357 e. The third kappa shape index (κ3) is 3.20. The number of hydrogen-bond donors (Lipinski definition) is 2. The summed E-state index contributed by atoms with van der Waals surface area (Å²) < 4.78 is 1.92.